The van der Waals surface area contributed by atoms with E-state index in [4.69, 9.17) is 19.5 Å². The number of aromatic nitrogens is 2. The third-order valence-corrected chi connectivity index (χ3v) is 8.43. The average molecular weight is 423 g/mol. The highest BCUT2D eigenvalue weighted by molar-refractivity contribution is 7.92. The van der Waals surface area contributed by atoms with Crippen molar-refractivity contribution < 1.29 is 8.95 Å². The van der Waals surface area contributed by atoms with E-state index in [1.54, 1.807) is 0 Å². The van der Waals surface area contributed by atoms with E-state index in [2.05, 4.69) is 30.0 Å². The molecule has 0 amide bonds. The summed E-state index contributed by atoms with van der Waals surface area (Å²) in [6.07, 6.45) is 3.00. The van der Waals surface area contributed by atoms with Crippen LogP contribution in [0.5, 0.6) is 0 Å². The van der Waals surface area contributed by atoms with Crippen molar-refractivity contribution in [3.8, 4) is 11.4 Å². The predicted octanol–water partition coefficient (Wildman–Crippen LogP) is 4.19. The van der Waals surface area contributed by atoms with E-state index in [9.17, 15) is 4.21 Å². The van der Waals surface area contributed by atoms with E-state index in [-0.39, 0.29) is 6.04 Å². The summed E-state index contributed by atoms with van der Waals surface area (Å²) >= 11 is 0. The quantitative estimate of drug-likeness (QED) is 0.682. The lowest BCUT2D eigenvalue weighted by Gasteiger charge is -2.35. The summed E-state index contributed by atoms with van der Waals surface area (Å²) in [4.78, 5) is 12.1. The van der Waals surface area contributed by atoms with Crippen LogP contribution in [0.3, 0.4) is 0 Å². The molecule has 2 heterocycles. The van der Waals surface area contributed by atoms with E-state index in [1.165, 1.54) is 6.26 Å². The number of morpholine rings is 1. The van der Waals surface area contributed by atoms with Crippen LogP contribution in [0, 0.1) is 4.78 Å². The fraction of sp³-hybridized carbons (Fsp3) is 0.391. The number of fused-ring (bicyclic) bond motifs is 1. The molecule has 2 fully saturated rings. The lowest BCUT2D eigenvalue weighted by Crippen LogP contribution is -2.44. The smallest absolute Gasteiger partial charge is 0.162 e. The first-order valence-electron chi connectivity index (χ1n) is 10.3. The number of ether oxygens (including phenoxy) is 1. The van der Waals surface area contributed by atoms with Crippen molar-refractivity contribution in [3.05, 3.63) is 54.2 Å². The molecule has 156 valence electrons. The zero-order chi connectivity index (χ0) is 20.9. The number of benzene rings is 2. The first-order chi connectivity index (χ1) is 14.4. The average Bonchev–Trinajstić information content (AvgIpc) is 3.56. The third-order valence-electron chi connectivity index (χ3n) is 6.32. The van der Waals surface area contributed by atoms with Gasteiger partial charge in [0.1, 0.15) is 5.82 Å². The molecule has 1 N–H and O–H groups in total. The van der Waals surface area contributed by atoms with Crippen molar-refractivity contribution >= 4 is 26.3 Å². The summed E-state index contributed by atoms with van der Waals surface area (Å²) in [6, 6.07) is 16.5. The molecule has 2 aromatic carbocycles. The van der Waals surface area contributed by atoms with Gasteiger partial charge in [-0.15, -0.1) is 0 Å². The molecule has 0 bridgehead atoms. The number of anilines is 1. The van der Waals surface area contributed by atoms with Crippen LogP contribution in [-0.4, -0.2) is 46.2 Å². The third kappa shape index (κ3) is 3.17. The molecular weight excluding hydrogens is 396 g/mol. The first kappa shape index (κ1) is 19.5. The topological polar surface area (TPSA) is 79.2 Å². The van der Waals surface area contributed by atoms with Crippen molar-refractivity contribution in [2.24, 2.45) is 0 Å². The van der Waals surface area contributed by atoms with E-state index >= 15 is 0 Å². The van der Waals surface area contributed by atoms with Crippen LogP contribution in [0.2, 0.25) is 0 Å². The standard InChI is InChI=1S/C23H26N4O2S/c1-16-15-29-13-12-27(16)21-14-20(23(10-11-23)30(2,24)28)25-22(26-21)19-9-5-7-17-6-3-4-8-18(17)19/h3-9,14,16,24H,10-13,15H2,1-2H3/t16-,30-/m1/s1. The second-order valence-corrected chi connectivity index (χ2v) is 10.9. The normalized spacial score (nSPS) is 22.6. The van der Waals surface area contributed by atoms with Crippen LogP contribution in [0.1, 0.15) is 25.5 Å². The molecular formula is C23H26N4O2S. The Bertz CT molecular complexity index is 1220. The molecule has 2 atom stereocenters. The van der Waals surface area contributed by atoms with Crippen molar-refractivity contribution in [3.63, 3.8) is 0 Å². The molecule has 30 heavy (non-hydrogen) atoms. The maximum Gasteiger partial charge on any atom is 0.162 e. The molecule has 1 saturated heterocycles. The molecule has 3 aromatic rings. The lowest BCUT2D eigenvalue weighted by molar-refractivity contribution is 0.0985. The Morgan fingerprint density at radius 1 is 1.17 bits per heavy atom. The monoisotopic (exact) mass is 422 g/mol. The second-order valence-electron chi connectivity index (χ2n) is 8.42. The van der Waals surface area contributed by atoms with Gasteiger partial charge in [0, 0.05) is 24.4 Å². The molecule has 0 spiro atoms. The molecule has 7 heteroatoms. The van der Waals surface area contributed by atoms with E-state index < -0.39 is 14.5 Å². The van der Waals surface area contributed by atoms with Crippen LogP contribution >= 0.6 is 0 Å². The molecule has 1 aromatic heterocycles. The Morgan fingerprint density at radius 3 is 2.67 bits per heavy atom. The highest BCUT2D eigenvalue weighted by atomic mass is 32.2. The van der Waals surface area contributed by atoms with Crippen LogP contribution in [0.4, 0.5) is 5.82 Å². The Kier molecular flexibility index (Phi) is 4.56. The minimum atomic E-state index is -2.78. The number of hydrogen-bond acceptors (Lipinski definition) is 6. The minimum absolute atomic E-state index is 0.194. The fourth-order valence-corrected chi connectivity index (χ4v) is 5.77. The van der Waals surface area contributed by atoms with Gasteiger partial charge in [-0.1, -0.05) is 42.5 Å². The number of nitrogens with zero attached hydrogens (tertiary/aromatic N) is 3. The maximum absolute atomic E-state index is 12.9. The summed E-state index contributed by atoms with van der Waals surface area (Å²) in [6.45, 7) is 4.18. The van der Waals surface area contributed by atoms with Gasteiger partial charge in [0.2, 0.25) is 0 Å². The van der Waals surface area contributed by atoms with Gasteiger partial charge in [-0.3, -0.25) is 4.78 Å². The Labute approximate surface area is 177 Å². The highest BCUT2D eigenvalue weighted by Crippen LogP contribution is 2.52. The van der Waals surface area contributed by atoms with Crippen molar-refractivity contribution in [1.82, 2.24) is 9.97 Å². The Balaban J connectivity index is 1.73. The van der Waals surface area contributed by atoms with Gasteiger partial charge < -0.3 is 9.64 Å². The van der Waals surface area contributed by atoms with Gasteiger partial charge in [0.25, 0.3) is 0 Å². The first-order valence-corrected chi connectivity index (χ1v) is 12.3. The molecule has 1 aliphatic heterocycles. The zero-order valence-corrected chi connectivity index (χ0v) is 18.1. The summed E-state index contributed by atoms with van der Waals surface area (Å²) in [5.41, 5.74) is 1.69. The van der Waals surface area contributed by atoms with Crippen LogP contribution in [0.15, 0.2) is 48.5 Å². The number of nitrogens with one attached hydrogen (secondary N) is 1. The van der Waals surface area contributed by atoms with E-state index in [0.717, 1.165) is 47.2 Å². The van der Waals surface area contributed by atoms with Crippen LogP contribution < -0.4 is 4.90 Å². The zero-order valence-electron chi connectivity index (χ0n) is 17.3. The van der Waals surface area contributed by atoms with Gasteiger partial charge in [-0.05, 0) is 30.5 Å². The molecule has 0 radical (unpaired) electrons. The van der Waals surface area contributed by atoms with Gasteiger partial charge >= 0.3 is 0 Å². The molecule has 1 saturated carbocycles. The molecule has 0 unspecified atom stereocenters. The summed E-state index contributed by atoms with van der Waals surface area (Å²) in [7, 11) is -2.78. The Hall–Kier alpha value is -2.51. The summed E-state index contributed by atoms with van der Waals surface area (Å²) in [5.74, 6) is 1.46. The molecule has 6 nitrogen and oxygen atoms in total. The summed E-state index contributed by atoms with van der Waals surface area (Å²) < 4.78 is 26.1. The molecule has 1 aliphatic carbocycles. The van der Waals surface area contributed by atoms with Gasteiger partial charge in [0.05, 0.1) is 39.4 Å². The van der Waals surface area contributed by atoms with Gasteiger partial charge in [0.15, 0.2) is 5.82 Å². The molecule has 2 aliphatic rings. The highest BCUT2D eigenvalue weighted by Gasteiger charge is 2.53. The minimum Gasteiger partial charge on any atom is -0.377 e. The lowest BCUT2D eigenvalue weighted by atomic mass is 10.0. The fourth-order valence-electron chi connectivity index (χ4n) is 4.38. The summed E-state index contributed by atoms with van der Waals surface area (Å²) in [5, 5.41) is 2.22. The SMILES string of the molecule is C[C@@H]1COCCN1c1cc(C2([S@](C)(=N)=O)CC2)nc(-c2cccc3ccccc23)n1. The van der Waals surface area contributed by atoms with Gasteiger partial charge in [-0.2, -0.15) is 0 Å². The maximum atomic E-state index is 12.9. The second kappa shape index (κ2) is 7.03. The predicted molar refractivity (Wildman–Crippen MR) is 120 cm³/mol. The number of rotatable bonds is 4. The Morgan fingerprint density at radius 2 is 1.93 bits per heavy atom. The van der Waals surface area contributed by atoms with Crippen molar-refractivity contribution in [1.29, 1.82) is 4.78 Å². The van der Waals surface area contributed by atoms with Crippen LogP contribution in [0.25, 0.3) is 22.2 Å². The van der Waals surface area contributed by atoms with E-state index in [1.807, 2.05) is 30.3 Å². The van der Waals surface area contributed by atoms with Crippen LogP contribution in [-0.2, 0) is 19.2 Å². The van der Waals surface area contributed by atoms with Crippen molar-refractivity contribution in [2.75, 3.05) is 30.9 Å². The molecule has 5 rings (SSSR count). The van der Waals surface area contributed by atoms with Gasteiger partial charge in [-0.25, -0.2) is 14.2 Å². The van der Waals surface area contributed by atoms with E-state index in [0.29, 0.717) is 19.0 Å². The largest absolute Gasteiger partial charge is 0.377 e. The van der Waals surface area contributed by atoms with Crippen molar-refractivity contribution in [2.45, 2.75) is 30.6 Å². The number of hydrogen-bond donors (Lipinski definition) is 1.